The Bertz CT molecular complexity index is 610. The summed E-state index contributed by atoms with van der Waals surface area (Å²) in [6.07, 6.45) is 10.8. The number of anilines is 1. The second-order valence-electron chi connectivity index (χ2n) is 6.47. The number of likely N-dealkylation sites (tertiary alicyclic amines) is 1. The second kappa shape index (κ2) is 6.93. The fraction of sp³-hybridized carbons (Fsp3) is 0.588. The summed E-state index contributed by atoms with van der Waals surface area (Å²) in [5.41, 5.74) is 1.39. The number of fused-ring (bicyclic) bond motifs is 1. The zero-order valence-corrected chi connectivity index (χ0v) is 14.2. The molecule has 3 heterocycles. The molecule has 0 saturated carbocycles. The summed E-state index contributed by atoms with van der Waals surface area (Å²) in [5.74, 6) is 0.936. The van der Waals surface area contributed by atoms with Crippen molar-refractivity contribution in [1.82, 2.24) is 19.9 Å². The molecule has 1 saturated heterocycles. The van der Waals surface area contributed by atoms with Crippen LogP contribution in [0.5, 0.6) is 0 Å². The Hall–Kier alpha value is -1.53. The quantitative estimate of drug-likeness (QED) is 0.935. The molecule has 0 aromatic carbocycles. The lowest BCUT2D eigenvalue weighted by molar-refractivity contribution is 0.211. The number of rotatable bonds is 4. The molecule has 23 heavy (non-hydrogen) atoms. The van der Waals surface area contributed by atoms with Gasteiger partial charge in [0.05, 0.1) is 12.2 Å². The summed E-state index contributed by atoms with van der Waals surface area (Å²) in [5, 5.41) is 4.83. The van der Waals surface area contributed by atoms with Crippen LogP contribution in [0.2, 0.25) is 0 Å². The van der Waals surface area contributed by atoms with Crippen molar-refractivity contribution < 1.29 is 0 Å². The summed E-state index contributed by atoms with van der Waals surface area (Å²) in [7, 11) is 0. The highest BCUT2D eigenvalue weighted by Gasteiger charge is 2.21. The lowest BCUT2D eigenvalue weighted by atomic mass is 10.0. The third kappa shape index (κ3) is 3.70. The van der Waals surface area contributed by atoms with E-state index in [9.17, 15) is 0 Å². The summed E-state index contributed by atoms with van der Waals surface area (Å²) < 4.78 is 0. The third-order valence-electron chi connectivity index (χ3n) is 4.77. The highest BCUT2D eigenvalue weighted by atomic mass is 32.1. The monoisotopic (exact) mass is 329 g/mol. The van der Waals surface area contributed by atoms with Gasteiger partial charge in [-0.1, -0.05) is 0 Å². The van der Waals surface area contributed by atoms with Gasteiger partial charge in [-0.15, -0.1) is 11.3 Å². The van der Waals surface area contributed by atoms with Crippen molar-refractivity contribution in [2.75, 3.05) is 18.4 Å². The number of aromatic nitrogens is 3. The first-order valence-corrected chi connectivity index (χ1v) is 9.41. The minimum atomic E-state index is 0.519. The van der Waals surface area contributed by atoms with E-state index in [1.807, 2.05) is 17.4 Å². The molecule has 0 bridgehead atoms. The molecule has 2 aromatic heterocycles. The van der Waals surface area contributed by atoms with Gasteiger partial charge in [-0.05, 0) is 44.6 Å². The summed E-state index contributed by atoms with van der Waals surface area (Å²) in [4.78, 5) is 17.2. The number of piperidine rings is 1. The first kappa shape index (κ1) is 15.0. The number of nitrogens with one attached hydrogen (secondary N) is 1. The molecule has 4 rings (SSSR count). The van der Waals surface area contributed by atoms with Gasteiger partial charge in [0, 0.05) is 30.2 Å². The molecule has 2 aromatic rings. The first-order chi connectivity index (χ1) is 11.4. The molecular formula is C17H23N5S. The van der Waals surface area contributed by atoms with Crippen molar-refractivity contribution in [2.24, 2.45) is 0 Å². The Labute approximate surface area is 141 Å². The average molecular weight is 329 g/mol. The van der Waals surface area contributed by atoms with Crippen LogP contribution in [0.15, 0.2) is 18.6 Å². The van der Waals surface area contributed by atoms with Crippen molar-refractivity contribution in [3.8, 4) is 0 Å². The zero-order valence-electron chi connectivity index (χ0n) is 13.4. The van der Waals surface area contributed by atoms with Crippen molar-refractivity contribution >= 4 is 17.2 Å². The number of aryl methyl sites for hydroxylation is 2. The SMILES string of the molecule is c1cc(NC2CCN(Cc3nc4c(s3)CCCC4)CC2)ncn1. The van der Waals surface area contributed by atoms with Gasteiger partial charge in [0.1, 0.15) is 17.2 Å². The lowest BCUT2D eigenvalue weighted by Gasteiger charge is -2.32. The van der Waals surface area contributed by atoms with Gasteiger partial charge in [-0.2, -0.15) is 0 Å². The van der Waals surface area contributed by atoms with Gasteiger partial charge in [0.15, 0.2) is 0 Å². The van der Waals surface area contributed by atoms with Gasteiger partial charge >= 0.3 is 0 Å². The minimum Gasteiger partial charge on any atom is -0.367 e. The Balaban J connectivity index is 1.29. The molecule has 5 nitrogen and oxygen atoms in total. The van der Waals surface area contributed by atoms with Crippen molar-refractivity contribution in [2.45, 2.75) is 51.1 Å². The van der Waals surface area contributed by atoms with Crippen LogP contribution < -0.4 is 5.32 Å². The van der Waals surface area contributed by atoms with Gasteiger partial charge < -0.3 is 5.32 Å². The van der Waals surface area contributed by atoms with Crippen molar-refractivity contribution in [3.05, 3.63) is 34.2 Å². The maximum atomic E-state index is 4.88. The smallest absolute Gasteiger partial charge is 0.129 e. The lowest BCUT2D eigenvalue weighted by Crippen LogP contribution is -2.38. The van der Waals surface area contributed by atoms with Gasteiger partial charge in [-0.3, -0.25) is 4.90 Å². The third-order valence-corrected chi connectivity index (χ3v) is 5.91. The van der Waals surface area contributed by atoms with Crippen LogP contribution in [0.3, 0.4) is 0 Å². The molecule has 0 amide bonds. The molecule has 1 aliphatic heterocycles. The zero-order chi connectivity index (χ0) is 15.5. The van der Waals surface area contributed by atoms with Crippen LogP contribution >= 0.6 is 11.3 Å². The molecule has 1 N–H and O–H groups in total. The summed E-state index contributed by atoms with van der Waals surface area (Å²) in [6, 6.07) is 2.46. The van der Waals surface area contributed by atoms with Crippen LogP contribution in [0.1, 0.15) is 41.3 Å². The van der Waals surface area contributed by atoms with Crippen LogP contribution in [0.4, 0.5) is 5.82 Å². The van der Waals surface area contributed by atoms with Crippen LogP contribution in [-0.4, -0.2) is 39.0 Å². The van der Waals surface area contributed by atoms with E-state index in [1.165, 1.54) is 36.4 Å². The molecule has 0 radical (unpaired) electrons. The molecule has 1 aliphatic carbocycles. The molecule has 6 heteroatoms. The van der Waals surface area contributed by atoms with E-state index in [0.717, 1.165) is 38.3 Å². The van der Waals surface area contributed by atoms with E-state index >= 15 is 0 Å². The molecule has 1 fully saturated rings. The maximum Gasteiger partial charge on any atom is 0.129 e. The Morgan fingerprint density at radius 3 is 2.87 bits per heavy atom. The van der Waals surface area contributed by atoms with E-state index in [1.54, 1.807) is 17.4 Å². The van der Waals surface area contributed by atoms with E-state index < -0.39 is 0 Å². The first-order valence-electron chi connectivity index (χ1n) is 8.59. The van der Waals surface area contributed by atoms with E-state index in [2.05, 4.69) is 20.2 Å². The number of thiazole rings is 1. The highest BCUT2D eigenvalue weighted by molar-refractivity contribution is 7.11. The Morgan fingerprint density at radius 1 is 1.22 bits per heavy atom. The molecule has 2 aliphatic rings. The van der Waals surface area contributed by atoms with E-state index in [-0.39, 0.29) is 0 Å². The molecule has 122 valence electrons. The van der Waals surface area contributed by atoms with Crippen molar-refractivity contribution in [3.63, 3.8) is 0 Å². The van der Waals surface area contributed by atoms with Gasteiger partial charge in [0.25, 0.3) is 0 Å². The number of hydrogen-bond donors (Lipinski definition) is 1. The average Bonchev–Trinajstić information content (AvgIpc) is 3.00. The molecule has 0 atom stereocenters. The fourth-order valence-electron chi connectivity index (χ4n) is 3.49. The molecular weight excluding hydrogens is 306 g/mol. The topological polar surface area (TPSA) is 53.9 Å². The minimum absolute atomic E-state index is 0.519. The number of nitrogens with zero attached hydrogens (tertiary/aromatic N) is 4. The predicted octanol–water partition coefficient (Wildman–Crippen LogP) is 2.89. The second-order valence-corrected chi connectivity index (χ2v) is 7.64. The van der Waals surface area contributed by atoms with E-state index in [4.69, 9.17) is 4.98 Å². The predicted molar refractivity (Wildman–Crippen MR) is 92.7 cm³/mol. The van der Waals surface area contributed by atoms with Gasteiger partial charge in [0.2, 0.25) is 0 Å². The fourth-order valence-corrected chi connectivity index (χ4v) is 4.68. The van der Waals surface area contributed by atoms with E-state index in [0.29, 0.717) is 6.04 Å². The molecule has 0 unspecified atom stereocenters. The van der Waals surface area contributed by atoms with Crippen molar-refractivity contribution in [1.29, 1.82) is 0 Å². The normalized spacial score (nSPS) is 19.5. The van der Waals surface area contributed by atoms with Gasteiger partial charge in [-0.25, -0.2) is 15.0 Å². The van der Waals surface area contributed by atoms with Crippen LogP contribution in [0.25, 0.3) is 0 Å². The Kier molecular flexibility index (Phi) is 4.52. The summed E-state index contributed by atoms with van der Waals surface area (Å²) in [6.45, 7) is 3.29. The highest BCUT2D eigenvalue weighted by Crippen LogP contribution is 2.28. The summed E-state index contributed by atoms with van der Waals surface area (Å²) >= 11 is 1.95. The number of hydrogen-bond acceptors (Lipinski definition) is 6. The largest absolute Gasteiger partial charge is 0.367 e. The maximum absolute atomic E-state index is 4.88. The standard InChI is InChI=1S/C17H23N5S/c1-2-4-15-14(3-1)21-17(23-15)11-22-9-6-13(7-10-22)20-16-5-8-18-12-19-16/h5,8,12-13H,1-4,6-7,9-11H2,(H,18,19,20). The van der Waals surface area contributed by atoms with Crippen LogP contribution in [-0.2, 0) is 19.4 Å². The van der Waals surface area contributed by atoms with Crippen LogP contribution in [0, 0.1) is 0 Å². The Morgan fingerprint density at radius 2 is 2.09 bits per heavy atom. The molecule has 0 spiro atoms.